The molecule has 0 unspecified atom stereocenters. The Labute approximate surface area is 121 Å². The van der Waals surface area contributed by atoms with E-state index in [0.717, 1.165) is 22.8 Å². The van der Waals surface area contributed by atoms with E-state index in [4.69, 9.17) is 4.74 Å². The summed E-state index contributed by atoms with van der Waals surface area (Å²) < 4.78 is 6.34. The summed E-state index contributed by atoms with van der Waals surface area (Å²) in [5, 5.41) is 4.45. The van der Waals surface area contributed by atoms with Gasteiger partial charge in [0, 0.05) is 19.2 Å². The number of methoxy groups -OCH3 is 1. The fourth-order valence-corrected chi connectivity index (χ4v) is 2.90. The number of nitrogens with zero attached hydrogens (tertiary/aromatic N) is 2. The summed E-state index contributed by atoms with van der Waals surface area (Å²) in [7, 11) is 1.63. The van der Waals surface area contributed by atoms with Crippen LogP contribution in [0.1, 0.15) is 10.7 Å². The molecule has 0 saturated heterocycles. The monoisotopic (exact) mass is 285 g/mol. The van der Waals surface area contributed by atoms with E-state index in [1.165, 1.54) is 4.70 Å². The normalized spacial score (nSPS) is 10.8. The molecule has 1 N–H and O–H groups in total. The third-order valence-corrected chi connectivity index (χ3v) is 3.95. The standard InChI is InChI=1S/C15H15N3OS/c1-19-14-8-4-5-11(17-14)9-16-10-15-18-12-6-2-3-7-13(12)20-15/h2-8,16H,9-10H2,1H3. The largest absolute Gasteiger partial charge is 0.481 e. The quantitative estimate of drug-likeness (QED) is 0.783. The third kappa shape index (κ3) is 2.95. The molecule has 0 spiro atoms. The van der Waals surface area contributed by atoms with Gasteiger partial charge in [-0.1, -0.05) is 18.2 Å². The molecule has 1 aromatic carbocycles. The van der Waals surface area contributed by atoms with E-state index in [2.05, 4.69) is 21.4 Å². The fourth-order valence-electron chi connectivity index (χ4n) is 1.96. The van der Waals surface area contributed by atoms with Crippen LogP contribution in [0.5, 0.6) is 5.88 Å². The molecule has 0 bridgehead atoms. The van der Waals surface area contributed by atoms with Crippen LogP contribution >= 0.6 is 11.3 Å². The summed E-state index contributed by atoms with van der Waals surface area (Å²) in [6, 6.07) is 14.0. The van der Waals surface area contributed by atoms with Crippen LogP contribution in [0, 0.1) is 0 Å². The molecule has 0 atom stereocenters. The molecule has 20 heavy (non-hydrogen) atoms. The highest BCUT2D eigenvalue weighted by Crippen LogP contribution is 2.21. The Morgan fingerprint density at radius 2 is 1.95 bits per heavy atom. The van der Waals surface area contributed by atoms with Gasteiger partial charge in [-0.3, -0.25) is 0 Å². The lowest BCUT2D eigenvalue weighted by molar-refractivity contribution is 0.395. The van der Waals surface area contributed by atoms with Gasteiger partial charge in [0.05, 0.1) is 23.0 Å². The number of ether oxygens (including phenoxy) is 1. The first-order valence-electron chi connectivity index (χ1n) is 6.40. The van der Waals surface area contributed by atoms with Crippen LogP contribution in [0.25, 0.3) is 10.2 Å². The second kappa shape index (κ2) is 5.98. The minimum atomic E-state index is 0.643. The Bertz CT molecular complexity index is 678. The summed E-state index contributed by atoms with van der Waals surface area (Å²) in [5.74, 6) is 0.643. The van der Waals surface area contributed by atoms with Gasteiger partial charge >= 0.3 is 0 Å². The number of hydrogen-bond donors (Lipinski definition) is 1. The molecule has 2 aromatic heterocycles. The van der Waals surface area contributed by atoms with Crippen molar-refractivity contribution >= 4 is 21.6 Å². The Hall–Kier alpha value is -1.98. The van der Waals surface area contributed by atoms with Crippen molar-refractivity contribution < 1.29 is 4.74 Å². The fraction of sp³-hybridized carbons (Fsp3) is 0.200. The van der Waals surface area contributed by atoms with Crippen molar-refractivity contribution in [3.8, 4) is 5.88 Å². The van der Waals surface area contributed by atoms with Crippen LogP contribution in [-0.2, 0) is 13.1 Å². The molecular formula is C15H15N3OS. The molecule has 2 heterocycles. The Kier molecular flexibility index (Phi) is 3.90. The van der Waals surface area contributed by atoms with E-state index in [1.54, 1.807) is 18.4 Å². The predicted octanol–water partition coefficient (Wildman–Crippen LogP) is 2.99. The summed E-state index contributed by atoms with van der Waals surface area (Å²) in [6.07, 6.45) is 0. The van der Waals surface area contributed by atoms with Gasteiger partial charge in [0.15, 0.2) is 0 Å². The SMILES string of the molecule is COc1cccc(CNCc2nc3ccccc3s2)n1. The Morgan fingerprint density at radius 3 is 2.80 bits per heavy atom. The lowest BCUT2D eigenvalue weighted by Crippen LogP contribution is -2.13. The molecular weight excluding hydrogens is 270 g/mol. The van der Waals surface area contributed by atoms with Gasteiger partial charge in [-0.05, 0) is 18.2 Å². The zero-order valence-electron chi connectivity index (χ0n) is 11.2. The summed E-state index contributed by atoms with van der Waals surface area (Å²) in [5.41, 5.74) is 2.03. The number of para-hydroxylation sites is 1. The van der Waals surface area contributed by atoms with Crippen LogP contribution < -0.4 is 10.1 Å². The van der Waals surface area contributed by atoms with E-state index >= 15 is 0 Å². The van der Waals surface area contributed by atoms with Crippen molar-refractivity contribution in [2.45, 2.75) is 13.1 Å². The molecule has 102 valence electrons. The van der Waals surface area contributed by atoms with Gasteiger partial charge in [0.2, 0.25) is 5.88 Å². The highest BCUT2D eigenvalue weighted by Gasteiger charge is 2.03. The topological polar surface area (TPSA) is 47.0 Å². The van der Waals surface area contributed by atoms with E-state index in [9.17, 15) is 0 Å². The first-order chi connectivity index (χ1) is 9.85. The van der Waals surface area contributed by atoms with E-state index in [0.29, 0.717) is 12.4 Å². The highest BCUT2D eigenvalue weighted by molar-refractivity contribution is 7.18. The average Bonchev–Trinajstić information content (AvgIpc) is 2.90. The number of thiazole rings is 1. The molecule has 3 rings (SSSR count). The zero-order valence-corrected chi connectivity index (χ0v) is 12.0. The first-order valence-corrected chi connectivity index (χ1v) is 7.22. The third-order valence-electron chi connectivity index (χ3n) is 2.91. The van der Waals surface area contributed by atoms with Gasteiger partial charge in [-0.15, -0.1) is 11.3 Å². The molecule has 0 aliphatic heterocycles. The maximum absolute atomic E-state index is 5.11. The summed E-state index contributed by atoms with van der Waals surface area (Å²) in [6.45, 7) is 1.45. The first kappa shape index (κ1) is 13.0. The molecule has 0 aliphatic carbocycles. The van der Waals surface area contributed by atoms with Crippen molar-refractivity contribution in [1.82, 2.24) is 15.3 Å². The lowest BCUT2D eigenvalue weighted by atomic mass is 10.3. The van der Waals surface area contributed by atoms with E-state index < -0.39 is 0 Å². The van der Waals surface area contributed by atoms with Gasteiger partial charge < -0.3 is 10.1 Å². The molecule has 4 nitrogen and oxygen atoms in total. The van der Waals surface area contributed by atoms with Crippen LogP contribution in [0.2, 0.25) is 0 Å². The lowest BCUT2D eigenvalue weighted by Gasteiger charge is -2.04. The number of hydrogen-bond acceptors (Lipinski definition) is 5. The number of nitrogens with one attached hydrogen (secondary N) is 1. The van der Waals surface area contributed by atoms with Crippen molar-refractivity contribution in [1.29, 1.82) is 0 Å². The minimum absolute atomic E-state index is 0.643. The number of rotatable bonds is 5. The average molecular weight is 285 g/mol. The minimum Gasteiger partial charge on any atom is -0.481 e. The molecule has 0 saturated carbocycles. The number of fused-ring (bicyclic) bond motifs is 1. The zero-order chi connectivity index (χ0) is 13.8. The van der Waals surface area contributed by atoms with E-state index in [-0.39, 0.29) is 0 Å². The number of benzene rings is 1. The van der Waals surface area contributed by atoms with Crippen LogP contribution in [0.15, 0.2) is 42.5 Å². The maximum Gasteiger partial charge on any atom is 0.213 e. The smallest absolute Gasteiger partial charge is 0.213 e. The summed E-state index contributed by atoms with van der Waals surface area (Å²) >= 11 is 1.72. The van der Waals surface area contributed by atoms with Crippen molar-refractivity contribution in [3.63, 3.8) is 0 Å². The highest BCUT2D eigenvalue weighted by atomic mass is 32.1. The van der Waals surface area contributed by atoms with Crippen molar-refractivity contribution in [2.75, 3.05) is 7.11 Å². The molecule has 3 aromatic rings. The molecule has 0 amide bonds. The predicted molar refractivity (Wildman–Crippen MR) is 81.0 cm³/mol. The Balaban J connectivity index is 1.61. The second-order valence-corrected chi connectivity index (χ2v) is 5.47. The molecule has 5 heteroatoms. The maximum atomic E-state index is 5.11. The van der Waals surface area contributed by atoms with Crippen LogP contribution in [-0.4, -0.2) is 17.1 Å². The van der Waals surface area contributed by atoms with E-state index in [1.807, 2.05) is 36.4 Å². The van der Waals surface area contributed by atoms with Gasteiger partial charge in [-0.2, -0.15) is 0 Å². The van der Waals surface area contributed by atoms with Crippen molar-refractivity contribution in [3.05, 3.63) is 53.2 Å². The number of pyridine rings is 1. The molecule has 0 aliphatic rings. The van der Waals surface area contributed by atoms with Gasteiger partial charge in [0.1, 0.15) is 5.01 Å². The molecule has 0 radical (unpaired) electrons. The second-order valence-electron chi connectivity index (χ2n) is 4.35. The number of aromatic nitrogens is 2. The summed E-state index contributed by atoms with van der Waals surface area (Å²) in [4.78, 5) is 8.95. The van der Waals surface area contributed by atoms with Gasteiger partial charge in [0.25, 0.3) is 0 Å². The van der Waals surface area contributed by atoms with Crippen molar-refractivity contribution in [2.24, 2.45) is 0 Å². The molecule has 0 fully saturated rings. The van der Waals surface area contributed by atoms with Gasteiger partial charge in [-0.25, -0.2) is 9.97 Å². The van der Waals surface area contributed by atoms with Crippen LogP contribution in [0.4, 0.5) is 0 Å². The van der Waals surface area contributed by atoms with Crippen LogP contribution in [0.3, 0.4) is 0 Å². The Morgan fingerprint density at radius 1 is 1.05 bits per heavy atom.